The van der Waals surface area contributed by atoms with Crippen molar-refractivity contribution in [2.45, 2.75) is 17.2 Å². The van der Waals surface area contributed by atoms with Crippen molar-refractivity contribution in [3.05, 3.63) is 88.7 Å². The largest absolute Gasteiger partial charge is 0.496 e. The summed E-state index contributed by atoms with van der Waals surface area (Å²) in [4.78, 5) is 22.5. The lowest BCUT2D eigenvalue weighted by Crippen LogP contribution is -2.48. The van der Waals surface area contributed by atoms with E-state index in [1.807, 2.05) is 59.6 Å². The number of hydrogen-bond acceptors (Lipinski definition) is 5. The van der Waals surface area contributed by atoms with Gasteiger partial charge in [0.15, 0.2) is 0 Å². The first-order chi connectivity index (χ1) is 15.6. The minimum atomic E-state index is 0.0915. The van der Waals surface area contributed by atoms with Crippen LogP contribution in [0.25, 0.3) is 0 Å². The van der Waals surface area contributed by atoms with Crippen LogP contribution in [0.1, 0.15) is 21.5 Å². The number of piperazine rings is 1. The Bertz CT molecular complexity index is 1040. The van der Waals surface area contributed by atoms with Crippen molar-refractivity contribution < 1.29 is 9.53 Å². The van der Waals surface area contributed by atoms with E-state index in [9.17, 15) is 4.79 Å². The van der Waals surface area contributed by atoms with Crippen LogP contribution in [0.15, 0.2) is 71.9 Å². The molecule has 5 nitrogen and oxygen atoms in total. The second kappa shape index (κ2) is 10.9. The number of benzene rings is 2. The van der Waals surface area contributed by atoms with Gasteiger partial charge in [-0.25, -0.2) is 0 Å². The smallest absolute Gasteiger partial charge is 0.253 e. The second-order valence-electron chi connectivity index (χ2n) is 7.70. The highest BCUT2D eigenvalue weighted by Gasteiger charge is 2.23. The Labute approximate surface area is 198 Å². The number of pyridine rings is 1. The standard InChI is InChI=1S/C25H26ClN3O2S/c1-31-24-9-6-22(26)15-21(24)17-28-11-13-29(14-12-28)25(30)20-4-7-23(8-5-20)32-18-19-3-2-10-27-16-19/h2-10,15-16H,11-14,17-18H2,1H3. The minimum absolute atomic E-state index is 0.0915. The van der Waals surface area contributed by atoms with E-state index >= 15 is 0 Å². The van der Waals surface area contributed by atoms with Crippen LogP contribution in [0.5, 0.6) is 5.75 Å². The predicted octanol–water partition coefficient (Wildman–Crippen LogP) is 4.99. The molecule has 3 aromatic rings. The fourth-order valence-corrected chi connectivity index (χ4v) is 4.77. The molecule has 1 saturated heterocycles. The van der Waals surface area contributed by atoms with Crippen LogP contribution in [0, 0.1) is 0 Å². The molecule has 1 aromatic heterocycles. The molecule has 1 aliphatic heterocycles. The van der Waals surface area contributed by atoms with Gasteiger partial charge in [0.25, 0.3) is 5.91 Å². The maximum Gasteiger partial charge on any atom is 0.253 e. The Hall–Kier alpha value is -2.54. The normalized spacial score (nSPS) is 14.4. The summed E-state index contributed by atoms with van der Waals surface area (Å²) in [5.74, 6) is 1.80. The second-order valence-corrected chi connectivity index (χ2v) is 9.18. The van der Waals surface area contributed by atoms with Crippen molar-refractivity contribution >= 4 is 29.3 Å². The van der Waals surface area contributed by atoms with E-state index < -0.39 is 0 Å². The summed E-state index contributed by atoms with van der Waals surface area (Å²) >= 11 is 7.90. The quantitative estimate of drug-likeness (QED) is 0.458. The molecule has 32 heavy (non-hydrogen) atoms. The molecule has 0 N–H and O–H groups in total. The highest BCUT2D eigenvalue weighted by Crippen LogP contribution is 2.25. The van der Waals surface area contributed by atoms with Crippen LogP contribution in [0.2, 0.25) is 5.02 Å². The summed E-state index contributed by atoms with van der Waals surface area (Å²) in [6, 6.07) is 17.6. The van der Waals surface area contributed by atoms with Crippen LogP contribution >= 0.6 is 23.4 Å². The van der Waals surface area contributed by atoms with Crippen molar-refractivity contribution in [3.8, 4) is 5.75 Å². The van der Waals surface area contributed by atoms with Gasteiger partial charge < -0.3 is 9.64 Å². The molecule has 1 fully saturated rings. The molecule has 7 heteroatoms. The van der Waals surface area contributed by atoms with Crippen molar-refractivity contribution in [1.82, 2.24) is 14.8 Å². The Morgan fingerprint density at radius 3 is 2.56 bits per heavy atom. The van der Waals surface area contributed by atoms with E-state index in [-0.39, 0.29) is 5.91 Å². The number of ether oxygens (including phenoxy) is 1. The molecule has 0 unspecified atom stereocenters. The van der Waals surface area contributed by atoms with Crippen molar-refractivity contribution in [3.63, 3.8) is 0 Å². The van der Waals surface area contributed by atoms with E-state index in [0.29, 0.717) is 18.1 Å². The van der Waals surface area contributed by atoms with Crippen LogP contribution in [0.3, 0.4) is 0 Å². The van der Waals surface area contributed by atoms with Gasteiger partial charge in [-0.3, -0.25) is 14.7 Å². The van der Waals surface area contributed by atoms with E-state index in [1.54, 1.807) is 25.1 Å². The van der Waals surface area contributed by atoms with Gasteiger partial charge in [-0.2, -0.15) is 0 Å². The Morgan fingerprint density at radius 2 is 1.88 bits per heavy atom. The minimum Gasteiger partial charge on any atom is -0.496 e. The molecule has 0 bridgehead atoms. The lowest BCUT2D eigenvalue weighted by atomic mass is 10.1. The van der Waals surface area contributed by atoms with E-state index in [1.165, 1.54) is 5.56 Å². The number of rotatable bonds is 7. The summed E-state index contributed by atoms with van der Waals surface area (Å²) in [6.45, 7) is 3.81. The molecule has 0 spiro atoms. The fourth-order valence-electron chi connectivity index (χ4n) is 3.75. The summed E-state index contributed by atoms with van der Waals surface area (Å²) in [5.41, 5.74) is 2.99. The summed E-state index contributed by atoms with van der Waals surface area (Å²) in [6.07, 6.45) is 3.66. The average Bonchev–Trinajstić information content (AvgIpc) is 2.84. The van der Waals surface area contributed by atoms with Gasteiger partial charge in [0.1, 0.15) is 5.75 Å². The van der Waals surface area contributed by atoms with Gasteiger partial charge in [0, 0.05) is 71.9 Å². The zero-order valence-electron chi connectivity index (χ0n) is 18.0. The fraction of sp³-hybridized carbons (Fsp3) is 0.280. The number of amides is 1. The average molecular weight is 468 g/mol. The van der Waals surface area contributed by atoms with Crippen LogP contribution in [0.4, 0.5) is 0 Å². The van der Waals surface area contributed by atoms with Gasteiger partial charge in [0.2, 0.25) is 0 Å². The number of aromatic nitrogens is 1. The number of halogens is 1. The van der Waals surface area contributed by atoms with Crippen molar-refractivity contribution in [1.29, 1.82) is 0 Å². The molecule has 0 atom stereocenters. The van der Waals surface area contributed by atoms with Crippen LogP contribution in [-0.2, 0) is 12.3 Å². The Balaban J connectivity index is 1.29. The molecule has 0 aliphatic carbocycles. The predicted molar refractivity (Wildman–Crippen MR) is 129 cm³/mol. The van der Waals surface area contributed by atoms with Crippen LogP contribution < -0.4 is 4.74 Å². The van der Waals surface area contributed by atoms with Gasteiger partial charge in [-0.05, 0) is 54.1 Å². The molecule has 2 aromatic carbocycles. The third-order valence-corrected chi connectivity index (χ3v) is 6.84. The van der Waals surface area contributed by atoms with E-state index in [0.717, 1.165) is 47.2 Å². The lowest BCUT2D eigenvalue weighted by molar-refractivity contribution is 0.0627. The van der Waals surface area contributed by atoms with Crippen LogP contribution in [-0.4, -0.2) is 54.0 Å². The highest BCUT2D eigenvalue weighted by molar-refractivity contribution is 7.98. The van der Waals surface area contributed by atoms with E-state index in [4.69, 9.17) is 16.3 Å². The summed E-state index contributed by atoms with van der Waals surface area (Å²) in [7, 11) is 1.67. The maximum atomic E-state index is 13.0. The number of carbonyl (C=O) groups is 1. The maximum absolute atomic E-state index is 13.0. The number of carbonyl (C=O) groups excluding carboxylic acids is 1. The summed E-state index contributed by atoms with van der Waals surface area (Å²) in [5, 5.41) is 0.705. The van der Waals surface area contributed by atoms with Crippen molar-refractivity contribution in [2.24, 2.45) is 0 Å². The number of thioether (sulfide) groups is 1. The lowest BCUT2D eigenvalue weighted by Gasteiger charge is -2.35. The van der Waals surface area contributed by atoms with E-state index in [2.05, 4.69) is 16.0 Å². The highest BCUT2D eigenvalue weighted by atomic mass is 35.5. The first-order valence-electron chi connectivity index (χ1n) is 10.6. The van der Waals surface area contributed by atoms with Gasteiger partial charge >= 0.3 is 0 Å². The molecule has 2 heterocycles. The number of hydrogen-bond donors (Lipinski definition) is 0. The van der Waals surface area contributed by atoms with Gasteiger partial charge in [-0.1, -0.05) is 17.7 Å². The first kappa shape index (κ1) is 22.6. The SMILES string of the molecule is COc1ccc(Cl)cc1CN1CCN(C(=O)c2ccc(SCc3cccnc3)cc2)CC1. The first-order valence-corrected chi connectivity index (χ1v) is 11.9. The molecular formula is C25H26ClN3O2S. The molecule has 166 valence electrons. The monoisotopic (exact) mass is 467 g/mol. The molecule has 4 rings (SSSR count). The molecular weight excluding hydrogens is 442 g/mol. The molecule has 1 aliphatic rings. The third-order valence-electron chi connectivity index (χ3n) is 5.53. The molecule has 0 saturated carbocycles. The summed E-state index contributed by atoms with van der Waals surface area (Å²) < 4.78 is 5.46. The Kier molecular flexibility index (Phi) is 7.68. The van der Waals surface area contributed by atoms with Gasteiger partial charge in [0.05, 0.1) is 7.11 Å². The number of nitrogens with zero attached hydrogens (tertiary/aromatic N) is 3. The molecule has 1 amide bonds. The number of methoxy groups -OCH3 is 1. The van der Waals surface area contributed by atoms with Gasteiger partial charge in [-0.15, -0.1) is 11.8 Å². The Morgan fingerprint density at radius 1 is 1.09 bits per heavy atom. The zero-order valence-corrected chi connectivity index (χ0v) is 19.6. The molecule has 0 radical (unpaired) electrons. The topological polar surface area (TPSA) is 45.7 Å². The van der Waals surface area contributed by atoms with Crippen molar-refractivity contribution in [2.75, 3.05) is 33.3 Å². The third kappa shape index (κ3) is 5.82. The zero-order chi connectivity index (χ0) is 22.3.